The molecule has 5 heteroatoms. The molecule has 0 saturated heterocycles. The Labute approximate surface area is 124 Å². The zero-order valence-corrected chi connectivity index (χ0v) is 13.2. The lowest BCUT2D eigenvalue weighted by Crippen LogP contribution is -2.45. The summed E-state index contributed by atoms with van der Waals surface area (Å²) in [6.45, 7) is 7.10. The van der Waals surface area contributed by atoms with Gasteiger partial charge in [0.1, 0.15) is 5.75 Å². The normalized spacial score (nSPS) is 12.4. The monoisotopic (exact) mass is 299 g/mol. The lowest BCUT2D eigenvalue weighted by molar-refractivity contribution is -0.0501. The molecule has 0 aliphatic carbocycles. The first kappa shape index (κ1) is 17.4. The molecule has 0 radical (unpaired) electrons. The standard InChI is InChI=1S/C16H23F2NO2/c1-15(2,3)10-16(4,5)19-13(20)11-8-6-7-9-12(11)21-14(17)18/h6-9,14H,10H2,1-5H3,(H,19,20). The summed E-state index contributed by atoms with van der Waals surface area (Å²) < 4.78 is 29.1. The van der Waals surface area contributed by atoms with E-state index in [-0.39, 0.29) is 16.7 Å². The minimum absolute atomic E-state index is 0.0375. The smallest absolute Gasteiger partial charge is 0.387 e. The van der Waals surface area contributed by atoms with Gasteiger partial charge in [-0.3, -0.25) is 4.79 Å². The van der Waals surface area contributed by atoms with Crippen molar-refractivity contribution in [3.63, 3.8) is 0 Å². The third kappa shape index (κ3) is 6.10. The van der Waals surface area contributed by atoms with E-state index in [2.05, 4.69) is 30.8 Å². The molecule has 0 heterocycles. The van der Waals surface area contributed by atoms with E-state index < -0.39 is 18.1 Å². The van der Waals surface area contributed by atoms with Gasteiger partial charge >= 0.3 is 6.61 Å². The third-order valence-corrected chi connectivity index (χ3v) is 2.77. The van der Waals surface area contributed by atoms with Gasteiger partial charge in [-0.2, -0.15) is 8.78 Å². The Kier molecular flexibility index (Phi) is 5.31. The molecule has 0 aromatic heterocycles. The van der Waals surface area contributed by atoms with Crippen LogP contribution in [0.2, 0.25) is 0 Å². The summed E-state index contributed by atoms with van der Waals surface area (Å²) >= 11 is 0. The molecular weight excluding hydrogens is 276 g/mol. The number of amides is 1. The number of halogens is 2. The number of hydrogen-bond acceptors (Lipinski definition) is 2. The number of carbonyl (C=O) groups excluding carboxylic acids is 1. The van der Waals surface area contributed by atoms with Crippen molar-refractivity contribution in [1.29, 1.82) is 0 Å². The minimum Gasteiger partial charge on any atom is -0.434 e. The number of hydrogen-bond donors (Lipinski definition) is 1. The maximum atomic E-state index is 12.4. The highest BCUT2D eigenvalue weighted by atomic mass is 19.3. The molecule has 1 amide bonds. The molecule has 3 nitrogen and oxygen atoms in total. The van der Waals surface area contributed by atoms with E-state index >= 15 is 0 Å². The van der Waals surface area contributed by atoms with Crippen LogP contribution in [0, 0.1) is 5.41 Å². The van der Waals surface area contributed by atoms with E-state index in [1.807, 2.05) is 13.8 Å². The average molecular weight is 299 g/mol. The number of alkyl halides is 2. The van der Waals surface area contributed by atoms with Gasteiger partial charge in [-0.1, -0.05) is 32.9 Å². The molecule has 21 heavy (non-hydrogen) atoms. The summed E-state index contributed by atoms with van der Waals surface area (Å²) in [6.07, 6.45) is 0.754. The first-order chi connectivity index (χ1) is 9.50. The van der Waals surface area contributed by atoms with Gasteiger partial charge in [0.2, 0.25) is 0 Å². The Hall–Kier alpha value is -1.65. The summed E-state index contributed by atoms with van der Waals surface area (Å²) in [6, 6.07) is 6.00. The van der Waals surface area contributed by atoms with Crippen LogP contribution < -0.4 is 10.1 Å². The molecule has 0 saturated carbocycles. The highest BCUT2D eigenvalue weighted by Crippen LogP contribution is 2.28. The number of ether oxygens (including phenoxy) is 1. The van der Waals surface area contributed by atoms with Crippen molar-refractivity contribution in [1.82, 2.24) is 5.32 Å². The summed E-state index contributed by atoms with van der Waals surface area (Å²) in [5, 5.41) is 2.88. The van der Waals surface area contributed by atoms with Gasteiger partial charge in [-0.25, -0.2) is 0 Å². The van der Waals surface area contributed by atoms with Crippen molar-refractivity contribution in [2.45, 2.75) is 53.2 Å². The van der Waals surface area contributed by atoms with E-state index in [0.29, 0.717) is 0 Å². The molecule has 0 atom stereocenters. The van der Waals surface area contributed by atoms with E-state index in [9.17, 15) is 13.6 Å². The molecule has 1 aromatic carbocycles. The second-order valence-corrected chi connectivity index (χ2v) is 6.95. The fourth-order valence-corrected chi connectivity index (χ4v) is 2.60. The molecule has 0 fully saturated rings. The molecule has 0 aliphatic heterocycles. The van der Waals surface area contributed by atoms with E-state index in [1.54, 1.807) is 12.1 Å². The van der Waals surface area contributed by atoms with Gasteiger partial charge in [0.25, 0.3) is 5.91 Å². The second-order valence-electron chi connectivity index (χ2n) is 6.95. The van der Waals surface area contributed by atoms with Crippen molar-refractivity contribution in [3.05, 3.63) is 29.8 Å². The molecule has 118 valence electrons. The molecule has 0 spiro atoms. The maximum Gasteiger partial charge on any atom is 0.387 e. The van der Waals surface area contributed by atoms with Crippen LogP contribution >= 0.6 is 0 Å². The van der Waals surface area contributed by atoms with Crippen LogP contribution in [-0.2, 0) is 0 Å². The Morgan fingerprint density at radius 1 is 1.19 bits per heavy atom. The predicted molar refractivity (Wildman–Crippen MR) is 78.7 cm³/mol. The van der Waals surface area contributed by atoms with Gasteiger partial charge in [-0.05, 0) is 37.8 Å². The van der Waals surface area contributed by atoms with Crippen LogP contribution in [0.5, 0.6) is 5.75 Å². The van der Waals surface area contributed by atoms with Crippen LogP contribution in [0.3, 0.4) is 0 Å². The average Bonchev–Trinajstić information content (AvgIpc) is 2.24. The van der Waals surface area contributed by atoms with Gasteiger partial charge in [0.05, 0.1) is 5.56 Å². The number of para-hydroxylation sites is 1. The topological polar surface area (TPSA) is 38.3 Å². The lowest BCUT2D eigenvalue weighted by Gasteiger charge is -2.33. The van der Waals surface area contributed by atoms with Crippen LogP contribution in [-0.4, -0.2) is 18.1 Å². The van der Waals surface area contributed by atoms with Crippen molar-refractivity contribution in [2.24, 2.45) is 5.41 Å². The number of carbonyl (C=O) groups is 1. The Bertz CT molecular complexity index is 493. The quantitative estimate of drug-likeness (QED) is 0.883. The lowest BCUT2D eigenvalue weighted by atomic mass is 9.81. The Morgan fingerprint density at radius 2 is 1.76 bits per heavy atom. The highest BCUT2D eigenvalue weighted by Gasteiger charge is 2.28. The van der Waals surface area contributed by atoms with Crippen molar-refractivity contribution in [2.75, 3.05) is 0 Å². The molecule has 0 aliphatic rings. The fraction of sp³-hybridized carbons (Fsp3) is 0.562. The summed E-state index contributed by atoms with van der Waals surface area (Å²) in [4.78, 5) is 12.3. The Morgan fingerprint density at radius 3 is 2.29 bits per heavy atom. The van der Waals surface area contributed by atoms with Crippen LogP contribution in [0.15, 0.2) is 24.3 Å². The number of rotatable bonds is 5. The maximum absolute atomic E-state index is 12.4. The zero-order chi connectivity index (χ0) is 16.3. The van der Waals surface area contributed by atoms with Gasteiger partial charge < -0.3 is 10.1 Å². The summed E-state index contributed by atoms with van der Waals surface area (Å²) in [5.41, 5.74) is -0.303. The van der Waals surface area contributed by atoms with E-state index in [0.717, 1.165) is 6.42 Å². The van der Waals surface area contributed by atoms with E-state index in [1.165, 1.54) is 12.1 Å². The van der Waals surface area contributed by atoms with Gasteiger partial charge in [0.15, 0.2) is 0 Å². The molecule has 1 rings (SSSR count). The molecule has 1 aromatic rings. The van der Waals surface area contributed by atoms with Crippen molar-refractivity contribution >= 4 is 5.91 Å². The van der Waals surface area contributed by atoms with Gasteiger partial charge in [0, 0.05) is 5.54 Å². The second kappa shape index (κ2) is 6.41. The van der Waals surface area contributed by atoms with Crippen LogP contribution in [0.4, 0.5) is 8.78 Å². The van der Waals surface area contributed by atoms with Crippen molar-refractivity contribution < 1.29 is 18.3 Å². The van der Waals surface area contributed by atoms with Crippen molar-refractivity contribution in [3.8, 4) is 5.75 Å². The molecule has 0 bridgehead atoms. The van der Waals surface area contributed by atoms with Crippen LogP contribution in [0.1, 0.15) is 51.4 Å². The summed E-state index contributed by atoms with van der Waals surface area (Å²) in [5.74, 6) is -0.531. The van der Waals surface area contributed by atoms with Gasteiger partial charge in [-0.15, -0.1) is 0 Å². The number of benzene rings is 1. The zero-order valence-electron chi connectivity index (χ0n) is 13.2. The first-order valence-corrected chi connectivity index (χ1v) is 6.86. The minimum atomic E-state index is -2.96. The fourth-order valence-electron chi connectivity index (χ4n) is 2.60. The molecular formula is C16H23F2NO2. The number of nitrogens with one attached hydrogen (secondary N) is 1. The highest BCUT2D eigenvalue weighted by molar-refractivity contribution is 5.97. The largest absolute Gasteiger partial charge is 0.434 e. The van der Waals surface area contributed by atoms with E-state index in [4.69, 9.17) is 0 Å². The van der Waals surface area contributed by atoms with Crippen LogP contribution in [0.25, 0.3) is 0 Å². The summed E-state index contributed by atoms with van der Waals surface area (Å²) in [7, 11) is 0. The first-order valence-electron chi connectivity index (χ1n) is 6.86. The SMILES string of the molecule is CC(C)(C)CC(C)(C)NC(=O)c1ccccc1OC(F)F. The Balaban J connectivity index is 2.89. The molecule has 1 N–H and O–H groups in total. The predicted octanol–water partition coefficient (Wildman–Crippen LogP) is 4.23. The third-order valence-electron chi connectivity index (χ3n) is 2.77. The molecule has 0 unspecified atom stereocenters.